The lowest BCUT2D eigenvalue weighted by Gasteiger charge is -2.36. The summed E-state index contributed by atoms with van der Waals surface area (Å²) in [5.41, 5.74) is 0.371. The second kappa shape index (κ2) is 5.27. The smallest absolute Gasteiger partial charge is 0.407 e. The van der Waals surface area contributed by atoms with E-state index < -0.39 is 11.5 Å². The maximum atomic E-state index is 12.8. The van der Waals surface area contributed by atoms with E-state index in [4.69, 9.17) is 5.11 Å². The predicted molar refractivity (Wildman–Crippen MR) is 67.0 cm³/mol. The summed E-state index contributed by atoms with van der Waals surface area (Å²) in [4.78, 5) is 12.2. The minimum absolute atomic E-state index is 0.296. The molecular formula is C14H15FN2O2. The van der Waals surface area contributed by atoms with Crippen LogP contribution in [0, 0.1) is 22.6 Å². The zero-order chi connectivity index (χ0) is 13.9. The van der Waals surface area contributed by atoms with Crippen LogP contribution in [0.4, 0.5) is 9.18 Å². The number of nitrogens with zero attached hydrogens (tertiary/aromatic N) is 2. The highest BCUT2D eigenvalue weighted by molar-refractivity contribution is 5.65. The predicted octanol–water partition coefficient (Wildman–Crippen LogP) is 2.65. The van der Waals surface area contributed by atoms with Crippen LogP contribution in [0.15, 0.2) is 24.3 Å². The monoisotopic (exact) mass is 262 g/mol. The Morgan fingerprint density at radius 3 is 2.42 bits per heavy atom. The molecule has 1 aliphatic rings. The SMILES string of the molecule is N#CC1(Cc2ccc(F)cc2)CCN(C(=O)O)CC1. The number of nitriles is 1. The zero-order valence-corrected chi connectivity index (χ0v) is 10.5. The fourth-order valence-electron chi connectivity index (χ4n) is 2.45. The summed E-state index contributed by atoms with van der Waals surface area (Å²) < 4.78 is 12.8. The second-order valence-corrected chi connectivity index (χ2v) is 4.96. The number of amides is 1. The quantitative estimate of drug-likeness (QED) is 0.891. The maximum absolute atomic E-state index is 12.8. The highest BCUT2D eigenvalue weighted by Gasteiger charge is 2.36. The molecule has 0 radical (unpaired) electrons. The second-order valence-electron chi connectivity index (χ2n) is 4.96. The number of halogens is 1. The third-order valence-corrected chi connectivity index (χ3v) is 3.68. The Bertz CT molecular complexity index is 499. The minimum atomic E-state index is -0.937. The van der Waals surface area contributed by atoms with Crippen LogP contribution in [0.3, 0.4) is 0 Å². The molecule has 19 heavy (non-hydrogen) atoms. The fourth-order valence-corrected chi connectivity index (χ4v) is 2.45. The van der Waals surface area contributed by atoms with Gasteiger partial charge in [-0.2, -0.15) is 5.26 Å². The van der Waals surface area contributed by atoms with Gasteiger partial charge in [0.1, 0.15) is 5.82 Å². The van der Waals surface area contributed by atoms with Crippen molar-refractivity contribution in [2.75, 3.05) is 13.1 Å². The Morgan fingerprint density at radius 1 is 1.37 bits per heavy atom. The normalized spacial score (nSPS) is 17.8. The molecule has 0 spiro atoms. The molecule has 1 aromatic carbocycles. The Morgan fingerprint density at radius 2 is 1.95 bits per heavy atom. The van der Waals surface area contributed by atoms with Crippen molar-refractivity contribution in [2.45, 2.75) is 19.3 Å². The van der Waals surface area contributed by atoms with Gasteiger partial charge >= 0.3 is 6.09 Å². The van der Waals surface area contributed by atoms with Crippen LogP contribution in [0.2, 0.25) is 0 Å². The summed E-state index contributed by atoms with van der Waals surface area (Å²) in [6, 6.07) is 8.45. The molecule has 0 aliphatic carbocycles. The molecule has 1 heterocycles. The van der Waals surface area contributed by atoms with Gasteiger partial charge in [0.2, 0.25) is 0 Å². The summed E-state index contributed by atoms with van der Waals surface area (Å²) in [6.07, 6.45) is 0.644. The molecule has 0 aromatic heterocycles. The van der Waals surface area contributed by atoms with E-state index in [2.05, 4.69) is 6.07 Å². The van der Waals surface area contributed by atoms with Gasteiger partial charge in [0.25, 0.3) is 0 Å². The van der Waals surface area contributed by atoms with E-state index in [1.807, 2.05) is 0 Å². The lowest BCUT2D eigenvalue weighted by Crippen LogP contribution is -2.42. The Hall–Kier alpha value is -2.09. The Kier molecular flexibility index (Phi) is 3.70. The number of carbonyl (C=O) groups is 1. The van der Waals surface area contributed by atoms with Gasteiger partial charge in [-0.3, -0.25) is 0 Å². The number of rotatable bonds is 2. The molecule has 0 atom stereocenters. The summed E-state index contributed by atoms with van der Waals surface area (Å²) in [5, 5.41) is 18.3. The first kappa shape index (κ1) is 13.3. The van der Waals surface area contributed by atoms with Crippen molar-refractivity contribution in [1.29, 1.82) is 5.26 Å². The molecule has 1 amide bonds. The van der Waals surface area contributed by atoms with Crippen LogP contribution in [0.1, 0.15) is 18.4 Å². The summed E-state index contributed by atoms with van der Waals surface area (Å²) in [6.45, 7) is 0.758. The van der Waals surface area contributed by atoms with Gasteiger partial charge in [-0.15, -0.1) is 0 Å². The van der Waals surface area contributed by atoms with Gasteiger partial charge in [-0.25, -0.2) is 9.18 Å². The van der Waals surface area contributed by atoms with E-state index in [-0.39, 0.29) is 5.82 Å². The lowest BCUT2D eigenvalue weighted by molar-refractivity contribution is 0.110. The first-order valence-corrected chi connectivity index (χ1v) is 6.18. The third-order valence-electron chi connectivity index (χ3n) is 3.68. The summed E-state index contributed by atoms with van der Waals surface area (Å²) in [5.74, 6) is -0.296. The molecular weight excluding hydrogens is 247 g/mol. The average molecular weight is 262 g/mol. The van der Waals surface area contributed by atoms with Gasteiger partial charge in [0, 0.05) is 13.1 Å². The van der Waals surface area contributed by atoms with E-state index in [0.717, 1.165) is 5.56 Å². The average Bonchev–Trinajstić information content (AvgIpc) is 2.42. The van der Waals surface area contributed by atoms with Crippen LogP contribution in [-0.2, 0) is 6.42 Å². The zero-order valence-electron chi connectivity index (χ0n) is 10.5. The molecule has 1 aliphatic heterocycles. The van der Waals surface area contributed by atoms with Crippen LogP contribution in [-0.4, -0.2) is 29.2 Å². The molecule has 2 rings (SSSR count). The molecule has 1 N–H and O–H groups in total. The first-order valence-electron chi connectivity index (χ1n) is 6.18. The molecule has 0 saturated carbocycles. The lowest BCUT2D eigenvalue weighted by atomic mass is 9.75. The Balaban J connectivity index is 2.07. The van der Waals surface area contributed by atoms with Crippen molar-refractivity contribution in [3.63, 3.8) is 0 Å². The fraction of sp³-hybridized carbons (Fsp3) is 0.429. The molecule has 5 heteroatoms. The highest BCUT2D eigenvalue weighted by atomic mass is 19.1. The van der Waals surface area contributed by atoms with Gasteiger partial charge in [0.15, 0.2) is 0 Å². The molecule has 0 bridgehead atoms. The van der Waals surface area contributed by atoms with Crippen LogP contribution < -0.4 is 0 Å². The molecule has 100 valence electrons. The standard InChI is InChI=1S/C14H15FN2O2/c15-12-3-1-11(2-4-12)9-14(10-16)5-7-17(8-6-14)13(18)19/h1-4H,5-9H2,(H,18,19). The van der Waals surface area contributed by atoms with Crippen molar-refractivity contribution in [3.8, 4) is 6.07 Å². The van der Waals surface area contributed by atoms with E-state index in [1.54, 1.807) is 12.1 Å². The van der Waals surface area contributed by atoms with Crippen LogP contribution >= 0.6 is 0 Å². The van der Waals surface area contributed by atoms with Crippen LogP contribution in [0.5, 0.6) is 0 Å². The van der Waals surface area contributed by atoms with Crippen molar-refractivity contribution in [3.05, 3.63) is 35.6 Å². The van der Waals surface area contributed by atoms with Crippen molar-refractivity contribution < 1.29 is 14.3 Å². The Labute approximate surface area is 111 Å². The van der Waals surface area contributed by atoms with E-state index in [1.165, 1.54) is 17.0 Å². The van der Waals surface area contributed by atoms with Gasteiger partial charge in [-0.1, -0.05) is 12.1 Å². The molecule has 1 fully saturated rings. The third kappa shape index (κ3) is 3.02. The van der Waals surface area contributed by atoms with E-state index in [0.29, 0.717) is 32.4 Å². The number of benzene rings is 1. The van der Waals surface area contributed by atoms with Gasteiger partial charge in [0.05, 0.1) is 11.5 Å². The molecule has 1 aromatic rings. The number of carboxylic acid groups (broad SMARTS) is 1. The number of piperidine rings is 1. The first-order chi connectivity index (χ1) is 9.04. The van der Waals surface area contributed by atoms with Crippen LogP contribution in [0.25, 0.3) is 0 Å². The topological polar surface area (TPSA) is 64.3 Å². The highest BCUT2D eigenvalue weighted by Crippen LogP contribution is 2.34. The van der Waals surface area contributed by atoms with Crippen molar-refractivity contribution in [2.24, 2.45) is 5.41 Å². The van der Waals surface area contributed by atoms with Crippen molar-refractivity contribution >= 4 is 6.09 Å². The van der Waals surface area contributed by atoms with E-state index in [9.17, 15) is 14.4 Å². The van der Waals surface area contributed by atoms with Crippen molar-refractivity contribution in [1.82, 2.24) is 4.90 Å². The van der Waals surface area contributed by atoms with Gasteiger partial charge < -0.3 is 10.0 Å². The number of hydrogen-bond donors (Lipinski definition) is 1. The van der Waals surface area contributed by atoms with Gasteiger partial charge in [-0.05, 0) is 37.0 Å². The van der Waals surface area contributed by atoms with E-state index >= 15 is 0 Å². The largest absolute Gasteiger partial charge is 0.465 e. The molecule has 1 saturated heterocycles. The summed E-state index contributed by atoms with van der Waals surface area (Å²) in [7, 11) is 0. The summed E-state index contributed by atoms with van der Waals surface area (Å²) >= 11 is 0. The molecule has 0 unspecified atom stereocenters. The number of likely N-dealkylation sites (tertiary alicyclic amines) is 1. The molecule has 4 nitrogen and oxygen atoms in total. The number of hydrogen-bond acceptors (Lipinski definition) is 2. The minimum Gasteiger partial charge on any atom is -0.465 e. The maximum Gasteiger partial charge on any atom is 0.407 e.